The van der Waals surface area contributed by atoms with E-state index in [9.17, 15) is 12.8 Å². The summed E-state index contributed by atoms with van der Waals surface area (Å²) in [5, 5.41) is 2.44. The highest BCUT2D eigenvalue weighted by Gasteiger charge is 2.33. The third kappa shape index (κ3) is 4.70. The van der Waals surface area contributed by atoms with Crippen LogP contribution in [0.5, 0.6) is 0 Å². The molecule has 0 unspecified atom stereocenters. The minimum atomic E-state index is -3.61. The fourth-order valence-electron chi connectivity index (χ4n) is 4.44. The van der Waals surface area contributed by atoms with Gasteiger partial charge in [0.1, 0.15) is 5.82 Å². The second-order valence-corrected chi connectivity index (χ2v) is 11.9. The minimum Gasteiger partial charge on any atom is -0.348 e. The van der Waals surface area contributed by atoms with Gasteiger partial charge in [-0.2, -0.15) is 0 Å². The van der Waals surface area contributed by atoms with Crippen LogP contribution in [0.4, 0.5) is 9.52 Å². The first-order valence-corrected chi connectivity index (χ1v) is 13.4. The van der Waals surface area contributed by atoms with Crippen LogP contribution in [0.15, 0.2) is 40.6 Å². The predicted octanol–water partition coefficient (Wildman–Crippen LogP) is 5.89. The quantitative estimate of drug-likeness (QED) is 0.416. The van der Waals surface area contributed by atoms with Gasteiger partial charge in [-0.1, -0.05) is 29.3 Å². The maximum atomic E-state index is 13.3. The lowest BCUT2D eigenvalue weighted by Crippen LogP contribution is -2.39. The van der Waals surface area contributed by atoms with Crippen LogP contribution in [-0.2, 0) is 16.3 Å². The van der Waals surface area contributed by atoms with E-state index in [-0.39, 0.29) is 9.92 Å². The molecule has 1 saturated heterocycles. The zero-order valence-corrected chi connectivity index (χ0v) is 20.7. The molecule has 4 rings (SSSR count). The maximum absolute atomic E-state index is 13.3. The molecule has 0 amide bonds. The van der Waals surface area contributed by atoms with E-state index in [2.05, 4.69) is 43.2 Å². The Bertz CT molecular complexity index is 1230. The molecule has 0 saturated carbocycles. The molecule has 3 aromatic rings. The normalized spacial score (nSPS) is 15.3. The molecule has 1 aromatic heterocycles. The van der Waals surface area contributed by atoms with Gasteiger partial charge in [-0.3, -0.25) is 0 Å². The Morgan fingerprint density at radius 3 is 2.41 bits per heavy atom. The summed E-state index contributed by atoms with van der Waals surface area (Å²) >= 11 is 7.62. The van der Waals surface area contributed by atoms with E-state index in [4.69, 9.17) is 16.6 Å². The Morgan fingerprint density at radius 2 is 1.78 bits per heavy atom. The number of piperidine rings is 1. The molecule has 0 aliphatic carbocycles. The summed E-state index contributed by atoms with van der Waals surface area (Å²) in [6.45, 7) is 7.61. The van der Waals surface area contributed by atoms with Gasteiger partial charge in [0.25, 0.3) is 0 Å². The van der Waals surface area contributed by atoms with Crippen molar-refractivity contribution in [1.82, 2.24) is 4.98 Å². The highest BCUT2D eigenvalue weighted by Crippen LogP contribution is 2.32. The number of nitrogens with zero attached hydrogens (tertiary/aromatic N) is 2. The largest absolute Gasteiger partial charge is 0.348 e. The van der Waals surface area contributed by atoms with Crippen LogP contribution in [0.3, 0.4) is 0 Å². The molecular weight excluding hydrogens is 467 g/mol. The number of hydrogen-bond acceptors (Lipinski definition) is 5. The molecule has 4 nitrogen and oxygen atoms in total. The molecule has 1 fully saturated rings. The van der Waals surface area contributed by atoms with Crippen LogP contribution in [0.2, 0.25) is 5.02 Å². The zero-order valence-electron chi connectivity index (χ0n) is 18.4. The van der Waals surface area contributed by atoms with Crippen molar-refractivity contribution in [3.63, 3.8) is 0 Å². The molecular formula is C24H26ClFN2O2S2. The molecule has 2 heterocycles. The van der Waals surface area contributed by atoms with Crippen molar-refractivity contribution in [3.8, 4) is 0 Å². The van der Waals surface area contributed by atoms with Crippen LogP contribution >= 0.6 is 22.9 Å². The van der Waals surface area contributed by atoms with Crippen molar-refractivity contribution in [2.75, 3.05) is 18.0 Å². The minimum absolute atomic E-state index is 0.0133. The lowest BCUT2D eigenvalue weighted by atomic mass is 9.96. The third-order valence-corrected chi connectivity index (χ3v) is 9.78. The van der Waals surface area contributed by atoms with Crippen molar-refractivity contribution in [2.24, 2.45) is 0 Å². The van der Waals surface area contributed by atoms with Gasteiger partial charge in [-0.15, -0.1) is 11.3 Å². The van der Waals surface area contributed by atoms with Gasteiger partial charge in [0.15, 0.2) is 15.0 Å². The summed E-state index contributed by atoms with van der Waals surface area (Å²) in [6.07, 6.45) is 1.77. The van der Waals surface area contributed by atoms with Crippen molar-refractivity contribution in [3.05, 3.63) is 74.5 Å². The van der Waals surface area contributed by atoms with Crippen molar-refractivity contribution >= 4 is 37.9 Å². The number of aryl methyl sites for hydroxylation is 3. The van der Waals surface area contributed by atoms with Crippen LogP contribution in [-0.4, -0.2) is 31.7 Å². The monoisotopic (exact) mass is 492 g/mol. The van der Waals surface area contributed by atoms with Gasteiger partial charge in [-0.05, 0) is 68.5 Å². The molecule has 170 valence electrons. The van der Waals surface area contributed by atoms with E-state index in [1.807, 2.05) is 0 Å². The molecule has 1 aliphatic rings. The van der Waals surface area contributed by atoms with Gasteiger partial charge >= 0.3 is 0 Å². The topological polar surface area (TPSA) is 50.3 Å². The van der Waals surface area contributed by atoms with Gasteiger partial charge in [0, 0.05) is 24.9 Å². The molecule has 0 bridgehead atoms. The fourth-order valence-corrected chi connectivity index (χ4v) is 7.58. The summed E-state index contributed by atoms with van der Waals surface area (Å²) in [5.41, 5.74) is 6.17. The number of thiazole rings is 1. The Kier molecular flexibility index (Phi) is 6.61. The lowest BCUT2D eigenvalue weighted by molar-refractivity contribution is 0.529. The highest BCUT2D eigenvalue weighted by atomic mass is 35.5. The Balaban J connectivity index is 1.44. The van der Waals surface area contributed by atoms with Crippen molar-refractivity contribution in [2.45, 2.75) is 50.2 Å². The SMILES string of the molecule is Cc1cc(C)c(Cc2csc(N3CCC(S(=O)(=O)c4ccc(F)cc4Cl)CC3)n2)c(C)c1. The summed E-state index contributed by atoms with van der Waals surface area (Å²) in [7, 11) is -3.61. The van der Waals surface area contributed by atoms with E-state index in [1.54, 1.807) is 11.3 Å². The molecule has 32 heavy (non-hydrogen) atoms. The van der Waals surface area contributed by atoms with E-state index >= 15 is 0 Å². The summed E-state index contributed by atoms with van der Waals surface area (Å²) < 4.78 is 39.4. The summed E-state index contributed by atoms with van der Waals surface area (Å²) in [6, 6.07) is 7.87. The number of sulfone groups is 1. The average Bonchev–Trinajstić information content (AvgIpc) is 3.19. The Hall–Kier alpha value is -1.96. The van der Waals surface area contributed by atoms with Crippen molar-refractivity contribution in [1.29, 1.82) is 0 Å². The first kappa shape index (κ1) is 23.2. The van der Waals surface area contributed by atoms with E-state index in [0.717, 1.165) is 29.4 Å². The molecule has 2 aromatic carbocycles. The van der Waals surface area contributed by atoms with E-state index < -0.39 is 20.9 Å². The van der Waals surface area contributed by atoms with Crippen LogP contribution < -0.4 is 4.90 Å². The molecule has 0 atom stereocenters. The van der Waals surface area contributed by atoms with E-state index in [0.29, 0.717) is 25.9 Å². The summed E-state index contributed by atoms with van der Waals surface area (Å²) in [4.78, 5) is 7.00. The fraction of sp³-hybridized carbons (Fsp3) is 0.375. The Morgan fingerprint density at radius 1 is 1.12 bits per heavy atom. The van der Waals surface area contributed by atoms with Crippen molar-refractivity contribution < 1.29 is 12.8 Å². The van der Waals surface area contributed by atoms with E-state index in [1.165, 1.54) is 28.3 Å². The van der Waals surface area contributed by atoms with Gasteiger partial charge in [0.2, 0.25) is 0 Å². The number of benzene rings is 2. The molecule has 0 spiro atoms. The van der Waals surface area contributed by atoms with Gasteiger partial charge < -0.3 is 4.90 Å². The smallest absolute Gasteiger partial charge is 0.185 e. The highest BCUT2D eigenvalue weighted by molar-refractivity contribution is 7.92. The predicted molar refractivity (Wildman–Crippen MR) is 129 cm³/mol. The standard InChI is InChI=1S/C24H26ClFN2O2S2/c1-15-10-16(2)21(17(3)11-15)13-19-14-31-24(27-19)28-8-6-20(7-9-28)32(29,30)23-5-4-18(26)12-22(23)25/h4-5,10-12,14,20H,6-9,13H2,1-3H3. The van der Waals surface area contributed by atoms with Gasteiger partial charge in [-0.25, -0.2) is 17.8 Å². The van der Waals surface area contributed by atoms with Gasteiger partial charge in [0.05, 0.1) is 20.9 Å². The Labute approximate surface area is 198 Å². The third-order valence-electron chi connectivity index (χ3n) is 6.09. The number of halogens is 2. The number of anilines is 1. The molecule has 0 N–H and O–H groups in total. The molecule has 8 heteroatoms. The second kappa shape index (κ2) is 9.12. The zero-order chi connectivity index (χ0) is 23.0. The summed E-state index contributed by atoms with van der Waals surface area (Å²) in [5.74, 6) is -0.542. The number of hydrogen-bond donors (Lipinski definition) is 0. The lowest BCUT2D eigenvalue weighted by Gasteiger charge is -2.31. The van der Waals surface area contributed by atoms with Crippen LogP contribution in [0.1, 0.15) is 40.8 Å². The van der Waals surface area contributed by atoms with Crippen LogP contribution in [0, 0.1) is 26.6 Å². The van der Waals surface area contributed by atoms with Crippen LogP contribution in [0.25, 0.3) is 0 Å². The maximum Gasteiger partial charge on any atom is 0.185 e. The average molecular weight is 493 g/mol. The second-order valence-electron chi connectivity index (χ2n) is 8.48. The molecule has 0 radical (unpaired) electrons. The number of aromatic nitrogens is 1. The molecule has 1 aliphatic heterocycles. The first-order chi connectivity index (χ1) is 15.1. The number of rotatable bonds is 5. The first-order valence-electron chi connectivity index (χ1n) is 10.6.